The van der Waals surface area contributed by atoms with Crippen LogP contribution in [0.25, 0.3) is 0 Å². The molecule has 144 valence electrons. The molecule has 5 rings (SSSR count). The van der Waals surface area contributed by atoms with E-state index >= 15 is 0 Å². The molecule has 7 nitrogen and oxygen atoms in total. The molecule has 1 N–H and O–H groups in total. The van der Waals surface area contributed by atoms with Crippen LogP contribution in [0.3, 0.4) is 0 Å². The molecule has 2 aromatic carbocycles. The number of carbonyl (C=O) groups excluding carboxylic acids is 1. The van der Waals surface area contributed by atoms with E-state index in [1.54, 1.807) is 17.0 Å². The van der Waals surface area contributed by atoms with E-state index in [2.05, 4.69) is 11.4 Å². The first kappa shape index (κ1) is 17.2. The van der Waals surface area contributed by atoms with Gasteiger partial charge in [0.05, 0.1) is 11.3 Å². The summed E-state index contributed by atoms with van der Waals surface area (Å²) in [6, 6.07) is 16.9. The van der Waals surface area contributed by atoms with E-state index in [9.17, 15) is 10.1 Å². The number of nitrogens with one attached hydrogen (secondary N) is 1. The Balaban J connectivity index is 1.69. The topological polar surface area (TPSA) is 79.5 Å². The highest BCUT2D eigenvalue weighted by Gasteiger charge is 2.36. The van der Waals surface area contributed by atoms with Crippen molar-refractivity contribution in [1.29, 1.82) is 5.26 Å². The number of ether oxygens (including phenoxy) is 2. The molecule has 29 heavy (non-hydrogen) atoms. The number of anilines is 2. The van der Waals surface area contributed by atoms with Crippen LogP contribution in [-0.4, -0.2) is 17.3 Å². The summed E-state index contributed by atoms with van der Waals surface area (Å²) in [7, 11) is 1.85. The third-order valence-corrected chi connectivity index (χ3v) is 5.54. The van der Waals surface area contributed by atoms with Gasteiger partial charge < -0.3 is 19.4 Å². The molecule has 7 heteroatoms. The predicted octanol–water partition coefficient (Wildman–Crippen LogP) is 3.71. The Morgan fingerprint density at radius 3 is 2.72 bits per heavy atom. The van der Waals surface area contributed by atoms with Crippen LogP contribution in [-0.2, 0) is 7.05 Å². The van der Waals surface area contributed by atoms with E-state index in [1.807, 2.05) is 54.9 Å². The van der Waals surface area contributed by atoms with Crippen molar-refractivity contribution in [2.45, 2.75) is 13.1 Å². The summed E-state index contributed by atoms with van der Waals surface area (Å²) in [6.45, 7) is 2.11. The zero-order valence-corrected chi connectivity index (χ0v) is 16.0. The molecule has 0 fully saturated rings. The van der Waals surface area contributed by atoms with Crippen LogP contribution in [0.15, 0.2) is 48.5 Å². The molecule has 0 saturated heterocycles. The Labute approximate surface area is 167 Å². The number of hydrogen-bond donors (Lipinski definition) is 1. The van der Waals surface area contributed by atoms with Crippen LogP contribution in [0.2, 0.25) is 0 Å². The van der Waals surface area contributed by atoms with Crippen molar-refractivity contribution in [3.63, 3.8) is 0 Å². The lowest BCUT2D eigenvalue weighted by molar-refractivity contribution is 0.0975. The van der Waals surface area contributed by atoms with E-state index in [0.717, 1.165) is 16.9 Å². The lowest BCUT2D eigenvalue weighted by Gasteiger charge is -2.38. The molecule has 1 aromatic heterocycles. The maximum absolute atomic E-state index is 13.5. The van der Waals surface area contributed by atoms with Crippen LogP contribution in [0.1, 0.15) is 33.5 Å². The highest BCUT2D eigenvalue weighted by molar-refractivity contribution is 6.12. The van der Waals surface area contributed by atoms with Crippen LogP contribution in [0.4, 0.5) is 11.4 Å². The quantitative estimate of drug-likeness (QED) is 0.726. The van der Waals surface area contributed by atoms with Crippen molar-refractivity contribution in [3.05, 3.63) is 71.0 Å². The number of aromatic nitrogens is 1. The van der Waals surface area contributed by atoms with Crippen molar-refractivity contribution in [3.8, 4) is 17.6 Å². The van der Waals surface area contributed by atoms with Gasteiger partial charge in [0.2, 0.25) is 6.79 Å². The van der Waals surface area contributed by atoms with Gasteiger partial charge in [0.25, 0.3) is 5.91 Å². The lowest BCUT2D eigenvalue weighted by Crippen LogP contribution is -2.43. The molecular formula is C22H18N4O3. The summed E-state index contributed by atoms with van der Waals surface area (Å²) in [5, 5.41) is 12.9. The first-order valence-electron chi connectivity index (χ1n) is 9.23. The number of fused-ring (bicyclic) bond motifs is 2. The fourth-order valence-corrected chi connectivity index (χ4v) is 3.88. The summed E-state index contributed by atoms with van der Waals surface area (Å²) in [5.74, 6) is 1.14. The smallest absolute Gasteiger partial charge is 0.262 e. The van der Waals surface area contributed by atoms with Crippen molar-refractivity contribution in [2.75, 3.05) is 17.0 Å². The summed E-state index contributed by atoms with van der Waals surface area (Å²) < 4.78 is 12.8. The number of rotatable bonds is 2. The van der Waals surface area contributed by atoms with Crippen molar-refractivity contribution < 1.29 is 14.3 Å². The first-order valence-corrected chi connectivity index (χ1v) is 9.23. The Bertz CT molecular complexity index is 1190. The standard InChI is InChI=1S/C22H18N4O3/c1-13-17(9-15(11-23)25(13)2)21-24-18-6-4-3-5-16(18)22(27)26(21)14-7-8-19-20(10-14)29-12-28-19/h3-10,21,24H,12H2,1-2H3/t21-/m0/s1. The molecule has 1 amide bonds. The zero-order chi connectivity index (χ0) is 20.1. The average Bonchev–Trinajstić information content (AvgIpc) is 3.32. The molecule has 1 atom stereocenters. The van der Waals surface area contributed by atoms with Crippen LogP contribution in [0.5, 0.6) is 11.5 Å². The molecular weight excluding hydrogens is 368 g/mol. The molecule has 0 unspecified atom stereocenters. The second-order valence-corrected chi connectivity index (χ2v) is 7.05. The number of carbonyl (C=O) groups is 1. The minimum Gasteiger partial charge on any atom is -0.454 e. The Morgan fingerprint density at radius 2 is 1.93 bits per heavy atom. The maximum Gasteiger partial charge on any atom is 0.262 e. The number of nitriles is 1. The molecule has 0 aliphatic carbocycles. The SMILES string of the molecule is Cc1c([C@H]2Nc3ccccc3C(=O)N2c2ccc3c(c2)OCO3)cc(C#N)n1C. The first-order chi connectivity index (χ1) is 14.1. The Morgan fingerprint density at radius 1 is 1.14 bits per heavy atom. The van der Waals surface area contributed by atoms with Gasteiger partial charge in [-0.2, -0.15) is 5.26 Å². The van der Waals surface area contributed by atoms with Gasteiger partial charge in [-0.1, -0.05) is 12.1 Å². The number of amides is 1. The zero-order valence-electron chi connectivity index (χ0n) is 16.0. The summed E-state index contributed by atoms with van der Waals surface area (Å²) in [6.07, 6.45) is -0.467. The minimum atomic E-state index is -0.467. The van der Waals surface area contributed by atoms with E-state index < -0.39 is 6.17 Å². The number of para-hydroxylation sites is 1. The lowest BCUT2D eigenvalue weighted by atomic mass is 10.0. The van der Waals surface area contributed by atoms with Crippen LogP contribution >= 0.6 is 0 Å². The highest BCUT2D eigenvalue weighted by Crippen LogP contribution is 2.42. The van der Waals surface area contributed by atoms with Gasteiger partial charge in [-0.3, -0.25) is 9.69 Å². The molecule has 2 aliphatic heterocycles. The normalized spacial score (nSPS) is 16.9. The second kappa shape index (κ2) is 6.31. The largest absolute Gasteiger partial charge is 0.454 e. The van der Waals surface area contributed by atoms with E-state index in [-0.39, 0.29) is 12.7 Å². The molecule has 3 aromatic rings. The average molecular weight is 386 g/mol. The van der Waals surface area contributed by atoms with Gasteiger partial charge >= 0.3 is 0 Å². The predicted molar refractivity (Wildman–Crippen MR) is 107 cm³/mol. The number of benzene rings is 2. The fourth-order valence-electron chi connectivity index (χ4n) is 3.88. The van der Waals surface area contributed by atoms with Gasteiger partial charge in [0, 0.05) is 30.1 Å². The Kier molecular flexibility index (Phi) is 3.74. The van der Waals surface area contributed by atoms with Gasteiger partial charge in [-0.25, -0.2) is 0 Å². The molecule has 3 heterocycles. The van der Waals surface area contributed by atoms with Crippen LogP contribution < -0.4 is 19.7 Å². The molecule has 0 saturated carbocycles. The number of hydrogen-bond acceptors (Lipinski definition) is 5. The monoisotopic (exact) mass is 386 g/mol. The third-order valence-electron chi connectivity index (χ3n) is 5.54. The molecule has 2 aliphatic rings. The van der Waals surface area contributed by atoms with Gasteiger partial charge in [0.1, 0.15) is 17.9 Å². The highest BCUT2D eigenvalue weighted by atomic mass is 16.7. The van der Waals surface area contributed by atoms with Gasteiger partial charge in [0.15, 0.2) is 11.5 Å². The van der Waals surface area contributed by atoms with Crippen molar-refractivity contribution in [2.24, 2.45) is 7.05 Å². The minimum absolute atomic E-state index is 0.120. The Hall–Kier alpha value is -3.92. The molecule has 0 radical (unpaired) electrons. The third kappa shape index (κ3) is 2.53. The van der Waals surface area contributed by atoms with E-state index in [1.165, 1.54) is 0 Å². The van der Waals surface area contributed by atoms with Crippen molar-refractivity contribution in [1.82, 2.24) is 4.57 Å². The summed E-state index contributed by atoms with van der Waals surface area (Å²) in [5.41, 5.74) is 4.36. The van der Waals surface area contributed by atoms with Gasteiger partial charge in [-0.05, 0) is 37.3 Å². The van der Waals surface area contributed by atoms with Crippen LogP contribution in [0, 0.1) is 18.3 Å². The molecule has 0 bridgehead atoms. The number of nitrogens with zero attached hydrogens (tertiary/aromatic N) is 3. The van der Waals surface area contributed by atoms with E-state index in [0.29, 0.717) is 28.4 Å². The van der Waals surface area contributed by atoms with Gasteiger partial charge in [-0.15, -0.1) is 0 Å². The van der Waals surface area contributed by atoms with E-state index in [4.69, 9.17) is 9.47 Å². The fraction of sp³-hybridized carbons (Fsp3) is 0.182. The summed E-state index contributed by atoms with van der Waals surface area (Å²) >= 11 is 0. The second-order valence-electron chi connectivity index (χ2n) is 7.05. The maximum atomic E-state index is 13.5. The molecule has 0 spiro atoms. The summed E-state index contributed by atoms with van der Waals surface area (Å²) in [4.78, 5) is 15.2. The van der Waals surface area contributed by atoms with Crippen molar-refractivity contribution >= 4 is 17.3 Å².